The van der Waals surface area contributed by atoms with Crippen molar-refractivity contribution in [2.75, 3.05) is 32.7 Å². The van der Waals surface area contributed by atoms with Crippen LogP contribution in [0.25, 0.3) is 0 Å². The Kier molecular flexibility index (Phi) is 10.9. The molecule has 1 heterocycles. The number of nitrogens with one attached hydrogen (secondary N) is 4. The highest BCUT2D eigenvalue weighted by molar-refractivity contribution is 5.86. The lowest BCUT2D eigenvalue weighted by atomic mass is 9.67. The molecule has 0 spiro atoms. The first-order chi connectivity index (χ1) is 19.6. The molecule has 0 aromatic heterocycles. The quantitative estimate of drug-likeness (QED) is 0.197. The number of hydrogen-bond acceptors (Lipinski definition) is 4. The van der Waals surface area contributed by atoms with E-state index in [-0.39, 0.29) is 30.7 Å². The van der Waals surface area contributed by atoms with Crippen LogP contribution in [0.4, 0.5) is 0 Å². The van der Waals surface area contributed by atoms with Gasteiger partial charge in [0.15, 0.2) is 0 Å². The minimum absolute atomic E-state index is 0.00667. The molecule has 4 N–H and O–H groups in total. The van der Waals surface area contributed by atoms with Crippen molar-refractivity contribution >= 4 is 17.7 Å². The monoisotopic (exact) mass is 540 g/mol. The Bertz CT molecular complexity index is 1120. The van der Waals surface area contributed by atoms with Gasteiger partial charge in [0.05, 0.1) is 12.0 Å². The van der Waals surface area contributed by atoms with Crippen LogP contribution in [0.3, 0.4) is 0 Å². The summed E-state index contributed by atoms with van der Waals surface area (Å²) in [5.41, 5.74) is 2.30. The van der Waals surface area contributed by atoms with Crippen LogP contribution in [0.1, 0.15) is 48.8 Å². The zero-order valence-corrected chi connectivity index (χ0v) is 23.0. The zero-order valence-electron chi connectivity index (χ0n) is 23.0. The lowest BCUT2D eigenvalue weighted by Crippen LogP contribution is -2.41. The maximum Gasteiger partial charge on any atom is 0.239 e. The molecule has 0 saturated carbocycles. The highest BCUT2D eigenvalue weighted by Gasteiger charge is 2.38. The standard InChI is InChI=1S/C33H40N4O3/c38-30(36-24-26-12-10-20-34-23-26)19-11-21-35-32(40)25-37-31(39)22-33(27-13-4-1-5-14-27,28-15-6-2-7-16-28)29-17-8-3-9-18-29/h1-9,13-18,26,34H,10-12,19-25H2,(H,35,40)(H,36,38)(H,37,39)/t26-/m0/s1. The molecule has 3 aromatic carbocycles. The molecule has 1 saturated heterocycles. The van der Waals surface area contributed by atoms with Crippen molar-refractivity contribution in [3.63, 3.8) is 0 Å². The van der Waals surface area contributed by atoms with Gasteiger partial charge in [-0.1, -0.05) is 91.0 Å². The van der Waals surface area contributed by atoms with Crippen LogP contribution < -0.4 is 21.3 Å². The molecular weight excluding hydrogens is 500 g/mol. The molecule has 1 atom stereocenters. The van der Waals surface area contributed by atoms with E-state index in [1.165, 1.54) is 0 Å². The topological polar surface area (TPSA) is 99.3 Å². The highest BCUT2D eigenvalue weighted by Crippen LogP contribution is 2.42. The van der Waals surface area contributed by atoms with Crippen molar-refractivity contribution in [3.8, 4) is 0 Å². The van der Waals surface area contributed by atoms with Crippen molar-refractivity contribution in [2.24, 2.45) is 5.92 Å². The Balaban J connectivity index is 1.31. The van der Waals surface area contributed by atoms with Gasteiger partial charge in [-0.15, -0.1) is 0 Å². The average Bonchev–Trinajstić information content (AvgIpc) is 3.02. The lowest BCUT2D eigenvalue weighted by molar-refractivity contribution is -0.126. The van der Waals surface area contributed by atoms with Gasteiger partial charge in [-0.05, 0) is 55.0 Å². The Morgan fingerprint density at radius 1 is 0.725 bits per heavy atom. The largest absolute Gasteiger partial charge is 0.356 e. The second kappa shape index (κ2) is 15.0. The fourth-order valence-electron chi connectivity index (χ4n) is 5.44. The number of carbonyl (C=O) groups is 3. The van der Waals surface area contributed by atoms with Gasteiger partial charge in [0.2, 0.25) is 17.7 Å². The number of amides is 3. The highest BCUT2D eigenvalue weighted by atomic mass is 16.2. The third-order valence-electron chi connectivity index (χ3n) is 7.56. The van der Waals surface area contributed by atoms with Gasteiger partial charge in [0, 0.05) is 25.9 Å². The fraction of sp³-hybridized carbons (Fsp3) is 0.364. The first-order valence-corrected chi connectivity index (χ1v) is 14.3. The molecule has 1 aliphatic heterocycles. The van der Waals surface area contributed by atoms with E-state index in [1.54, 1.807) is 0 Å². The summed E-state index contributed by atoms with van der Waals surface area (Å²) < 4.78 is 0. The molecule has 0 radical (unpaired) electrons. The number of hydrogen-bond donors (Lipinski definition) is 4. The van der Waals surface area contributed by atoms with E-state index < -0.39 is 5.41 Å². The van der Waals surface area contributed by atoms with Gasteiger partial charge in [0.25, 0.3) is 0 Å². The molecule has 4 rings (SSSR count). The molecule has 0 aliphatic carbocycles. The van der Waals surface area contributed by atoms with Gasteiger partial charge in [0.1, 0.15) is 0 Å². The van der Waals surface area contributed by atoms with E-state index in [1.807, 2.05) is 91.0 Å². The normalized spacial score (nSPS) is 15.2. The Labute approximate surface area is 237 Å². The molecule has 7 heteroatoms. The molecule has 7 nitrogen and oxygen atoms in total. The second-order valence-corrected chi connectivity index (χ2v) is 10.4. The van der Waals surface area contributed by atoms with Gasteiger partial charge >= 0.3 is 0 Å². The Morgan fingerprint density at radius 3 is 1.82 bits per heavy atom. The minimum Gasteiger partial charge on any atom is -0.356 e. The minimum atomic E-state index is -0.717. The zero-order chi connectivity index (χ0) is 28.0. The molecule has 1 aliphatic rings. The molecule has 0 bridgehead atoms. The van der Waals surface area contributed by atoms with Gasteiger partial charge < -0.3 is 21.3 Å². The third-order valence-corrected chi connectivity index (χ3v) is 7.56. The van der Waals surface area contributed by atoms with Crippen molar-refractivity contribution < 1.29 is 14.4 Å². The second-order valence-electron chi connectivity index (χ2n) is 10.4. The number of benzene rings is 3. The van der Waals surface area contributed by atoms with Crippen LogP contribution in [-0.4, -0.2) is 50.4 Å². The molecule has 40 heavy (non-hydrogen) atoms. The third kappa shape index (κ3) is 8.02. The number of piperidine rings is 1. The molecule has 1 fully saturated rings. The summed E-state index contributed by atoms with van der Waals surface area (Å²) in [6.45, 7) is 2.97. The predicted octanol–water partition coefficient (Wildman–Crippen LogP) is 3.54. The fourth-order valence-corrected chi connectivity index (χ4v) is 5.44. The van der Waals surface area contributed by atoms with Gasteiger partial charge in [-0.2, -0.15) is 0 Å². The maximum absolute atomic E-state index is 13.4. The molecule has 3 aromatic rings. The van der Waals surface area contributed by atoms with Crippen molar-refractivity contribution in [1.82, 2.24) is 21.3 Å². The predicted molar refractivity (Wildman–Crippen MR) is 158 cm³/mol. The average molecular weight is 541 g/mol. The summed E-state index contributed by atoms with van der Waals surface area (Å²) in [5.74, 6) is 0.00712. The Morgan fingerprint density at radius 2 is 1.30 bits per heavy atom. The van der Waals surface area contributed by atoms with Gasteiger partial charge in [-0.3, -0.25) is 14.4 Å². The van der Waals surface area contributed by atoms with E-state index >= 15 is 0 Å². The number of rotatable bonds is 13. The van der Waals surface area contributed by atoms with E-state index in [2.05, 4.69) is 21.3 Å². The SMILES string of the molecule is O=C(CCCNC(=O)CNC(=O)CC(c1ccccc1)(c1ccccc1)c1ccccc1)NC[C@H]1CCCNC1. The first kappa shape index (κ1) is 29.0. The maximum atomic E-state index is 13.4. The van der Waals surface area contributed by atoms with Crippen LogP contribution in [-0.2, 0) is 19.8 Å². The summed E-state index contributed by atoms with van der Waals surface area (Å²) in [6, 6.07) is 30.0. The first-order valence-electron chi connectivity index (χ1n) is 14.3. The smallest absolute Gasteiger partial charge is 0.239 e. The van der Waals surface area contributed by atoms with E-state index in [0.717, 1.165) is 42.6 Å². The van der Waals surface area contributed by atoms with E-state index in [9.17, 15) is 14.4 Å². The van der Waals surface area contributed by atoms with Crippen LogP contribution in [0, 0.1) is 5.92 Å². The Hall–Kier alpha value is -3.97. The molecular formula is C33H40N4O3. The molecule has 3 amide bonds. The van der Waals surface area contributed by atoms with Crippen LogP contribution in [0.2, 0.25) is 0 Å². The van der Waals surface area contributed by atoms with Crippen molar-refractivity contribution in [2.45, 2.75) is 37.5 Å². The van der Waals surface area contributed by atoms with Crippen molar-refractivity contribution in [3.05, 3.63) is 108 Å². The van der Waals surface area contributed by atoms with Crippen LogP contribution >= 0.6 is 0 Å². The summed E-state index contributed by atoms with van der Waals surface area (Å²) in [5, 5.41) is 12.0. The van der Waals surface area contributed by atoms with Crippen molar-refractivity contribution in [1.29, 1.82) is 0 Å². The summed E-state index contributed by atoms with van der Waals surface area (Å²) in [4.78, 5) is 38.0. The lowest BCUT2D eigenvalue weighted by Gasteiger charge is -2.35. The number of carbonyl (C=O) groups excluding carboxylic acids is 3. The van der Waals surface area contributed by atoms with E-state index in [0.29, 0.717) is 31.8 Å². The van der Waals surface area contributed by atoms with Crippen LogP contribution in [0.15, 0.2) is 91.0 Å². The summed E-state index contributed by atoms with van der Waals surface area (Å²) in [6.07, 6.45) is 3.34. The summed E-state index contributed by atoms with van der Waals surface area (Å²) >= 11 is 0. The molecule has 210 valence electrons. The van der Waals surface area contributed by atoms with E-state index in [4.69, 9.17) is 0 Å². The summed E-state index contributed by atoms with van der Waals surface area (Å²) in [7, 11) is 0. The van der Waals surface area contributed by atoms with Crippen LogP contribution in [0.5, 0.6) is 0 Å². The molecule has 0 unspecified atom stereocenters. The van der Waals surface area contributed by atoms with Gasteiger partial charge in [-0.25, -0.2) is 0 Å².